The lowest BCUT2D eigenvalue weighted by Crippen LogP contribution is -2.37. The number of benzene rings is 1. The van der Waals surface area contributed by atoms with Gasteiger partial charge in [-0.15, -0.1) is 0 Å². The van der Waals surface area contributed by atoms with E-state index in [4.69, 9.17) is 9.47 Å². The molecule has 0 N–H and O–H groups in total. The first-order valence-electron chi connectivity index (χ1n) is 9.20. The average Bonchev–Trinajstić information content (AvgIpc) is 3.23. The smallest absolute Gasteiger partial charge is 0.222 e. The summed E-state index contributed by atoms with van der Waals surface area (Å²) in [5, 5.41) is 0. The Hall–Kier alpha value is -1.39. The maximum Gasteiger partial charge on any atom is 0.222 e. The minimum Gasteiger partial charge on any atom is -0.381 e. The van der Waals surface area contributed by atoms with Crippen LogP contribution >= 0.6 is 0 Å². The zero-order valence-corrected chi connectivity index (χ0v) is 14.5. The van der Waals surface area contributed by atoms with Crippen LogP contribution in [0.2, 0.25) is 0 Å². The monoisotopic (exact) mass is 329 g/mol. The predicted octanol–water partition coefficient (Wildman–Crippen LogP) is 2.30. The third kappa shape index (κ3) is 2.86. The van der Waals surface area contributed by atoms with Crippen molar-refractivity contribution in [2.24, 2.45) is 17.3 Å². The molecule has 4 nitrogen and oxygen atoms in total. The Kier molecular flexibility index (Phi) is 4.35. The van der Waals surface area contributed by atoms with Crippen molar-refractivity contribution in [3.63, 3.8) is 0 Å². The van der Waals surface area contributed by atoms with E-state index in [2.05, 4.69) is 29.2 Å². The van der Waals surface area contributed by atoms with Crippen molar-refractivity contribution in [1.29, 1.82) is 0 Å². The SMILES string of the molecule is CCOC[C@@]12COC[C@@H]1CN(C(=O)CC1Cc3ccccc3C1)C2. The van der Waals surface area contributed by atoms with Gasteiger partial charge in [0.25, 0.3) is 0 Å². The molecule has 0 radical (unpaired) electrons. The highest BCUT2D eigenvalue weighted by Gasteiger charge is 2.52. The molecule has 0 spiro atoms. The zero-order valence-electron chi connectivity index (χ0n) is 14.5. The highest BCUT2D eigenvalue weighted by Crippen LogP contribution is 2.42. The molecular weight excluding hydrogens is 302 g/mol. The fourth-order valence-electron chi connectivity index (χ4n) is 4.70. The van der Waals surface area contributed by atoms with Crippen LogP contribution in [-0.4, -0.2) is 50.3 Å². The molecule has 1 aromatic rings. The molecule has 1 aliphatic carbocycles. The van der Waals surface area contributed by atoms with Crippen LogP contribution in [0.5, 0.6) is 0 Å². The van der Waals surface area contributed by atoms with E-state index in [0.717, 1.165) is 45.8 Å². The molecule has 0 unspecified atom stereocenters. The topological polar surface area (TPSA) is 38.8 Å². The molecule has 0 saturated carbocycles. The number of likely N-dealkylation sites (tertiary alicyclic amines) is 1. The Morgan fingerprint density at radius 2 is 2.08 bits per heavy atom. The van der Waals surface area contributed by atoms with E-state index in [-0.39, 0.29) is 5.41 Å². The molecule has 24 heavy (non-hydrogen) atoms. The highest BCUT2D eigenvalue weighted by molar-refractivity contribution is 5.77. The summed E-state index contributed by atoms with van der Waals surface area (Å²) in [6, 6.07) is 8.60. The molecule has 0 aromatic heterocycles. The van der Waals surface area contributed by atoms with Gasteiger partial charge in [-0.25, -0.2) is 0 Å². The molecule has 2 atom stereocenters. The molecule has 2 saturated heterocycles. The summed E-state index contributed by atoms with van der Waals surface area (Å²) in [6.45, 7) is 6.61. The Balaban J connectivity index is 1.36. The van der Waals surface area contributed by atoms with Crippen molar-refractivity contribution < 1.29 is 14.3 Å². The lowest BCUT2D eigenvalue weighted by Gasteiger charge is -2.27. The molecule has 4 heteroatoms. The third-order valence-electron chi connectivity index (χ3n) is 6.07. The summed E-state index contributed by atoms with van der Waals surface area (Å²) >= 11 is 0. The summed E-state index contributed by atoms with van der Waals surface area (Å²) in [4.78, 5) is 14.9. The van der Waals surface area contributed by atoms with Crippen LogP contribution in [0, 0.1) is 17.3 Å². The number of hydrogen-bond acceptors (Lipinski definition) is 3. The minimum absolute atomic E-state index is 0.0321. The predicted molar refractivity (Wildman–Crippen MR) is 91.8 cm³/mol. The molecule has 0 bridgehead atoms. The van der Waals surface area contributed by atoms with Crippen LogP contribution in [0.15, 0.2) is 24.3 Å². The Morgan fingerprint density at radius 3 is 2.79 bits per heavy atom. The van der Waals surface area contributed by atoms with Gasteiger partial charge in [-0.1, -0.05) is 24.3 Å². The van der Waals surface area contributed by atoms with Gasteiger partial charge in [-0.2, -0.15) is 0 Å². The summed E-state index contributed by atoms with van der Waals surface area (Å²) in [7, 11) is 0. The van der Waals surface area contributed by atoms with Gasteiger partial charge in [0.2, 0.25) is 5.91 Å². The molecule has 1 amide bonds. The minimum atomic E-state index is 0.0321. The van der Waals surface area contributed by atoms with E-state index in [9.17, 15) is 4.79 Å². The molecule has 1 aromatic carbocycles. The Morgan fingerprint density at radius 1 is 1.33 bits per heavy atom. The summed E-state index contributed by atoms with van der Waals surface area (Å²) in [6.07, 6.45) is 2.77. The van der Waals surface area contributed by atoms with Crippen molar-refractivity contribution in [1.82, 2.24) is 4.90 Å². The number of fused-ring (bicyclic) bond motifs is 2. The Labute approximate surface area is 144 Å². The van der Waals surface area contributed by atoms with E-state index in [0.29, 0.717) is 30.8 Å². The van der Waals surface area contributed by atoms with E-state index < -0.39 is 0 Å². The number of carbonyl (C=O) groups is 1. The molecule has 2 heterocycles. The lowest BCUT2D eigenvalue weighted by molar-refractivity contribution is -0.132. The highest BCUT2D eigenvalue weighted by atomic mass is 16.5. The second kappa shape index (κ2) is 6.49. The quantitative estimate of drug-likeness (QED) is 0.832. The maximum atomic E-state index is 12.8. The normalized spacial score (nSPS) is 29.0. The molecule has 4 rings (SSSR count). The number of ether oxygens (including phenoxy) is 2. The van der Waals surface area contributed by atoms with Gasteiger partial charge in [0.15, 0.2) is 0 Å². The summed E-state index contributed by atoms with van der Waals surface area (Å²) < 4.78 is 11.4. The fraction of sp³-hybridized carbons (Fsp3) is 0.650. The first-order chi connectivity index (χ1) is 11.7. The number of carbonyl (C=O) groups excluding carboxylic acids is 1. The molecule has 2 fully saturated rings. The summed E-state index contributed by atoms with van der Waals surface area (Å²) in [5.41, 5.74) is 2.88. The van der Waals surface area contributed by atoms with Crippen LogP contribution in [0.4, 0.5) is 0 Å². The van der Waals surface area contributed by atoms with Crippen LogP contribution in [-0.2, 0) is 27.1 Å². The van der Waals surface area contributed by atoms with Gasteiger partial charge in [-0.05, 0) is 36.8 Å². The number of nitrogens with zero attached hydrogens (tertiary/aromatic N) is 1. The van der Waals surface area contributed by atoms with E-state index in [1.165, 1.54) is 11.1 Å². The van der Waals surface area contributed by atoms with Crippen molar-refractivity contribution in [2.75, 3.05) is 39.5 Å². The van der Waals surface area contributed by atoms with Gasteiger partial charge >= 0.3 is 0 Å². The molecule has 130 valence electrons. The maximum absolute atomic E-state index is 12.8. The van der Waals surface area contributed by atoms with Gasteiger partial charge in [0.1, 0.15) is 0 Å². The summed E-state index contributed by atoms with van der Waals surface area (Å²) in [5.74, 6) is 1.22. The van der Waals surface area contributed by atoms with Crippen molar-refractivity contribution in [3.8, 4) is 0 Å². The number of amides is 1. The molecule has 3 aliphatic rings. The number of hydrogen-bond donors (Lipinski definition) is 0. The Bertz CT molecular complexity index is 592. The van der Waals surface area contributed by atoms with Crippen molar-refractivity contribution >= 4 is 5.91 Å². The molecular formula is C20H27NO3. The van der Waals surface area contributed by atoms with Gasteiger partial charge in [0.05, 0.1) is 19.8 Å². The zero-order chi connectivity index (χ0) is 16.6. The van der Waals surface area contributed by atoms with Gasteiger partial charge < -0.3 is 14.4 Å². The van der Waals surface area contributed by atoms with Crippen LogP contribution in [0.3, 0.4) is 0 Å². The van der Waals surface area contributed by atoms with Crippen molar-refractivity contribution in [3.05, 3.63) is 35.4 Å². The van der Waals surface area contributed by atoms with Crippen LogP contribution in [0.1, 0.15) is 24.5 Å². The third-order valence-corrected chi connectivity index (χ3v) is 6.07. The lowest BCUT2D eigenvalue weighted by atomic mass is 9.82. The first kappa shape index (κ1) is 16.1. The van der Waals surface area contributed by atoms with E-state index in [1.807, 2.05) is 6.92 Å². The van der Waals surface area contributed by atoms with Crippen LogP contribution < -0.4 is 0 Å². The van der Waals surface area contributed by atoms with E-state index in [1.54, 1.807) is 0 Å². The van der Waals surface area contributed by atoms with Gasteiger partial charge in [-0.3, -0.25) is 4.79 Å². The number of rotatable bonds is 5. The largest absolute Gasteiger partial charge is 0.381 e. The standard InChI is InChI=1S/C20H27NO3/c1-2-23-13-20-12-21(10-18(20)11-24-14-20)19(22)9-15-7-16-5-3-4-6-17(16)8-15/h3-6,15,18H,2,7-14H2,1H3/t18-,20-/m0/s1. The van der Waals surface area contributed by atoms with E-state index >= 15 is 0 Å². The fourth-order valence-corrected chi connectivity index (χ4v) is 4.70. The van der Waals surface area contributed by atoms with Crippen molar-refractivity contribution in [2.45, 2.75) is 26.2 Å². The van der Waals surface area contributed by atoms with Crippen LogP contribution in [0.25, 0.3) is 0 Å². The second-order valence-electron chi connectivity index (χ2n) is 7.73. The second-order valence-corrected chi connectivity index (χ2v) is 7.73. The first-order valence-corrected chi connectivity index (χ1v) is 9.20. The average molecular weight is 329 g/mol. The van der Waals surface area contributed by atoms with Gasteiger partial charge in [0, 0.05) is 37.5 Å². The molecule has 2 aliphatic heterocycles.